The number of hydrogen-bond donors (Lipinski definition) is 1. The van der Waals surface area contributed by atoms with Crippen molar-refractivity contribution in [2.24, 2.45) is 0 Å². The second kappa shape index (κ2) is 8.25. The van der Waals surface area contributed by atoms with Crippen molar-refractivity contribution >= 4 is 5.82 Å². The predicted octanol–water partition coefficient (Wildman–Crippen LogP) is 3.82. The van der Waals surface area contributed by atoms with E-state index in [1.165, 1.54) is 36.2 Å². The van der Waals surface area contributed by atoms with Gasteiger partial charge in [-0.25, -0.2) is 4.98 Å². The van der Waals surface area contributed by atoms with Crippen LogP contribution in [0.1, 0.15) is 56.9 Å². The van der Waals surface area contributed by atoms with Crippen LogP contribution in [0.4, 0.5) is 5.82 Å². The molecule has 0 atom stereocenters. The summed E-state index contributed by atoms with van der Waals surface area (Å²) in [7, 11) is 2.00. The SMILES string of the molecule is CCCCCN(c1nc(C)cc(C)c1CNC)C(C)C. The molecule has 0 saturated carbocycles. The number of rotatable bonds is 8. The highest BCUT2D eigenvalue weighted by molar-refractivity contribution is 5.52. The van der Waals surface area contributed by atoms with Gasteiger partial charge in [0.2, 0.25) is 0 Å². The normalized spacial score (nSPS) is 11.2. The molecular formula is C17H31N3. The molecule has 0 amide bonds. The number of hydrogen-bond acceptors (Lipinski definition) is 3. The van der Waals surface area contributed by atoms with Gasteiger partial charge in [0.05, 0.1) is 0 Å². The molecule has 0 aliphatic rings. The minimum atomic E-state index is 0.483. The summed E-state index contributed by atoms with van der Waals surface area (Å²) in [5.74, 6) is 1.17. The summed E-state index contributed by atoms with van der Waals surface area (Å²) in [4.78, 5) is 7.30. The molecular weight excluding hydrogens is 246 g/mol. The molecule has 1 heterocycles. The Morgan fingerprint density at radius 3 is 2.50 bits per heavy atom. The average Bonchev–Trinajstić information content (AvgIpc) is 2.37. The fourth-order valence-electron chi connectivity index (χ4n) is 2.62. The quantitative estimate of drug-likeness (QED) is 0.732. The molecule has 0 unspecified atom stereocenters. The molecule has 0 aliphatic heterocycles. The van der Waals surface area contributed by atoms with Crippen LogP contribution < -0.4 is 10.2 Å². The summed E-state index contributed by atoms with van der Waals surface area (Å²) in [5, 5.41) is 3.28. The van der Waals surface area contributed by atoms with Crippen molar-refractivity contribution in [1.82, 2.24) is 10.3 Å². The van der Waals surface area contributed by atoms with Gasteiger partial charge in [-0.2, -0.15) is 0 Å². The Balaban J connectivity index is 3.10. The lowest BCUT2D eigenvalue weighted by molar-refractivity contribution is 0.614. The highest BCUT2D eigenvalue weighted by Crippen LogP contribution is 2.25. The van der Waals surface area contributed by atoms with Crippen LogP contribution in [0.15, 0.2) is 6.07 Å². The van der Waals surface area contributed by atoms with Gasteiger partial charge >= 0.3 is 0 Å². The molecule has 0 saturated heterocycles. The fraction of sp³-hybridized carbons (Fsp3) is 0.706. The predicted molar refractivity (Wildman–Crippen MR) is 88.5 cm³/mol. The van der Waals surface area contributed by atoms with Crippen molar-refractivity contribution in [2.75, 3.05) is 18.5 Å². The summed E-state index contributed by atoms with van der Waals surface area (Å²) in [6.07, 6.45) is 3.79. The number of nitrogens with one attached hydrogen (secondary N) is 1. The minimum absolute atomic E-state index is 0.483. The number of aryl methyl sites for hydroxylation is 2. The van der Waals surface area contributed by atoms with E-state index in [0.717, 1.165) is 18.8 Å². The number of pyridine rings is 1. The van der Waals surface area contributed by atoms with Crippen molar-refractivity contribution in [3.05, 3.63) is 22.9 Å². The third kappa shape index (κ3) is 4.48. The largest absolute Gasteiger partial charge is 0.354 e. The molecule has 114 valence electrons. The van der Waals surface area contributed by atoms with Gasteiger partial charge in [0.25, 0.3) is 0 Å². The van der Waals surface area contributed by atoms with Gasteiger partial charge in [0.1, 0.15) is 5.82 Å². The van der Waals surface area contributed by atoms with Crippen molar-refractivity contribution in [3.63, 3.8) is 0 Å². The van der Waals surface area contributed by atoms with E-state index in [-0.39, 0.29) is 0 Å². The van der Waals surface area contributed by atoms with Crippen LogP contribution in [-0.2, 0) is 6.54 Å². The van der Waals surface area contributed by atoms with E-state index >= 15 is 0 Å². The molecule has 1 N–H and O–H groups in total. The second-order valence-corrected chi connectivity index (χ2v) is 5.91. The molecule has 0 aromatic carbocycles. The molecule has 0 bridgehead atoms. The Kier molecular flexibility index (Phi) is 7.00. The smallest absolute Gasteiger partial charge is 0.133 e. The van der Waals surface area contributed by atoms with Gasteiger partial charge in [0, 0.05) is 30.4 Å². The van der Waals surface area contributed by atoms with Crippen molar-refractivity contribution in [1.29, 1.82) is 0 Å². The van der Waals surface area contributed by atoms with E-state index in [4.69, 9.17) is 4.98 Å². The highest BCUT2D eigenvalue weighted by Gasteiger charge is 2.17. The van der Waals surface area contributed by atoms with Gasteiger partial charge in [-0.05, 0) is 52.8 Å². The third-order valence-corrected chi connectivity index (χ3v) is 3.71. The molecule has 0 spiro atoms. The monoisotopic (exact) mass is 277 g/mol. The van der Waals surface area contributed by atoms with Crippen LogP contribution in [-0.4, -0.2) is 24.6 Å². The minimum Gasteiger partial charge on any atom is -0.354 e. The lowest BCUT2D eigenvalue weighted by Crippen LogP contribution is -2.34. The van der Waals surface area contributed by atoms with Gasteiger partial charge < -0.3 is 10.2 Å². The van der Waals surface area contributed by atoms with Gasteiger partial charge in [-0.1, -0.05) is 19.8 Å². The maximum Gasteiger partial charge on any atom is 0.133 e. The number of unbranched alkanes of at least 4 members (excludes halogenated alkanes) is 2. The zero-order valence-electron chi connectivity index (χ0n) is 14.1. The van der Waals surface area contributed by atoms with E-state index in [1.54, 1.807) is 0 Å². The van der Waals surface area contributed by atoms with E-state index in [2.05, 4.69) is 50.9 Å². The molecule has 1 aromatic rings. The van der Waals surface area contributed by atoms with E-state index in [0.29, 0.717) is 6.04 Å². The Morgan fingerprint density at radius 1 is 1.25 bits per heavy atom. The Morgan fingerprint density at radius 2 is 1.95 bits per heavy atom. The van der Waals surface area contributed by atoms with Crippen molar-refractivity contribution in [3.8, 4) is 0 Å². The fourth-order valence-corrected chi connectivity index (χ4v) is 2.62. The maximum absolute atomic E-state index is 4.84. The molecule has 0 fully saturated rings. The second-order valence-electron chi connectivity index (χ2n) is 5.91. The topological polar surface area (TPSA) is 28.2 Å². The average molecular weight is 277 g/mol. The summed E-state index contributed by atoms with van der Waals surface area (Å²) >= 11 is 0. The van der Waals surface area contributed by atoms with E-state index in [1.807, 2.05) is 7.05 Å². The highest BCUT2D eigenvalue weighted by atomic mass is 15.2. The number of aromatic nitrogens is 1. The molecule has 0 radical (unpaired) electrons. The zero-order valence-corrected chi connectivity index (χ0v) is 14.1. The maximum atomic E-state index is 4.84. The first-order chi connectivity index (χ1) is 9.51. The zero-order chi connectivity index (χ0) is 15.1. The van der Waals surface area contributed by atoms with Gasteiger partial charge in [-0.15, -0.1) is 0 Å². The summed E-state index contributed by atoms with van der Waals surface area (Å²) in [6.45, 7) is 13.0. The Labute approximate surface area is 124 Å². The molecule has 3 heteroatoms. The first-order valence-corrected chi connectivity index (χ1v) is 7.89. The molecule has 3 nitrogen and oxygen atoms in total. The van der Waals surface area contributed by atoms with Crippen LogP contribution in [0.2, 0.25) is 0 Å². The summed E-state index contributed by atoms with van der Waals surface area (Å²) in [6, 6.07) is 2.66. The molecule has 1 aromatic heterocycles. The van der Waals surface area contributed by atoms with Gasteiger partial charge in [-0.3, -0.25) is 0 Å². The van der Waals surface area contributed by atoms with Gasteiger partial charge in [0.15, 0.2) is 0 Å². The molecule has 1 rings (SSSR count). The standard InChI is InChI=1S/C17H31N3/c1-7-8-9-10-20(13(2)3)17-16(12-18-6)14(4)11-15(5)19-17/h11,13,18H,7-10,12H2,1-6H3. The first-order valence-electron chi connectivity index (χ1n) is 7.89. The van der Waals surface area contributed by atoms with Crippen molar-refractivity contribution in [2.45, 2.75) is 66.5 Å². The first kappa shape index (κ1) is 17.0. The van der Waals surface area contributed by atoms with E-state index < -0.39 is 0 Å². The lowest BCUT2D eigenvalue weighted by atomic mass is 10.1. The van der Waals surface area contributed by atoms with Crippen molar-refractivity contribution < 1.29 is 0 Å². The van der Waals surface area contributed by atoms with Crippen LogP contribution in [0.3, 0.4) is 0 Å². The Bertz CT molecular complexity index is 413. The van der Waals surface area contributed by atoms with Crippen LogP contribution in [0.5, 0.6) is 0 Å². The summed E-state index contributed by atoms with van der Waals surface area (Å²) < 4.78 is 0. The molecule has 0 aliphatic carbocycles. The number of anilines is 1. The Hall–Kier alpha value is -1.09. The lowest BCUT2D eigenvalue weighted by Gasteiger charge is -2.31. The number of nitrogens with zero attached hydrogens (tertiary/aromatic N) is 2. The van der Waals surface area contributed by atoms with Crippen LogP contribution in [0.25, 0.3) is 0 Å². The van der Waals surface area contributed by atoms with Crippen LogP contribution in [0, 0.1) is 13.8 Å². The summed E-state index contributed by atoms with van der Waals surface area (Å²) in [5.41, 5.74) is 3.78. The van der Waals surface area contributed by atoms with Crippen LogP contribution >= 0.6 is 0 Å². The third-order valence-electron chi connectivity index (χ3n) is 3.71. The van der Waals surface area contributed by atoms with E-state index in [9.17, 15) is 0 Å². The molecule has 20 heavy (non-hydrogen) atoms.